The smallest absolute Gasteiger partial charge is 0.238 e. The lowest BCUT2D eigenvalue weighted by Gasteiger charge is -2.20. The standard InChI is InChI=1S/C12H17FN2O3S/c13-10-6-9(19(14,17)18)4-5-12(10)15-11-3-1-2-8(11)7-16/h4-6,8,11,15-16H,1-3,7H2,(H2,14,17,18). The van der Waals surface area contributed by atoms with Crippen LogP contribution in [0, 0.1) is 11.7 Å². The number of aliphatic hydroxyl groups excluding tert-OH is 1. The number of nitrogens with one attached hydrogen (secondary N) is 1. The minimum Gasteiger partial charge on any atom is -0.396 e. The van der Waals surface area contributed by atoms with Crippen LogP contribution in [0.2, 0.25) is 0 Å². The molecule has 0 aromatic heterocycles. The second-order valence-electron chi connectivity index (χ2n) is 4.81. The molecule has 0 bridgehead atoms. The van der Waals surface area contributed by atoms with Gasteiger partial charge in [-0.3, -0.25) is 0 Å². The van der Waals surface area contributed by atoms with Crippen molar-refractivity contribution < 1.29 is 17.9 Å². The first-order chi connectivity index (χ1) is 8.91. The second kappa shape index (κ2) is 5.44. The van der Waals surface area contributed by atoms with Gasteiger partial charge in [-0.25, -0.2) is 17.9 Å². The molecule has 0 saturated heterocycles. The number of benzene rings is 1. The van der Waals surface area contributed by atoms with Crippen LogP contribution >= 0.6 is 0 Å². The summed E-state index contributed by atoms with van der Waals surface area (Å²) < 4.78 is 36.0. The van der Waals surface area contributed by atoms with E-state index in [4.69, 9.17) is 5.14 Å². The van der Waals surface area contributed by atoms with Crippen molar-refractivity contribution in [3.05, 3.63) is 24.0 Å². The molecule has 4 N–H and O–H groups in total. The summed E-state index contributed by atoms with van der Waals surface area (Å²) in [5.41, 5.74) is 0.234. The van der Waals surface area contributed by atoms with Gasteiger partial charge < -0.3 is 10.4 Å². The molecule has 2 rings (SSSR count). The van der Waals surface area contributed by atoms with E-state index < -0.39 is 15.8 Å². The third kappa shape index (κ3) is 3.23. The van der Waals surface area contributed by atoms with E-state index in [-0.39, 0.29) is 29.1 Å². The highest BCUT2D eigenvalue weighted by molar-refractivity contribution is 7.89. The van der Waals surface area contributed by atoms with Crippen LogP contribution in [0.1, 0.15) is 19.3 Å². The van der Waals surface area contributed by atoms with E-state index in [0.717, 1.165) is 25.3 Å². The van der Waals surface area contributed by atoms with Gasteiger partial charge in [0.25, 0.3) is 0 Å². The van der Waals surface area contributed by atoms with Crippen LogP contribution < -0.4 is 10.5 Å². The summed E-state index contributed by atoms with van der Waals surface area (Å²) in [6.07, 6.45) is 2.76. The topological polar surface area (TPSA) is 92.4 Å². The zero-order valence-corrected chi connectivity index (χ0v) is 11.2. The lowest BCUT2D eigenvalue weighted by molar-refractivity contribution is 0.222. The first-order valence-electron chi connectivity index (χ1n) is 6.11. The highest BCUT2D eigenvalue weighted by Gasteiger charge is 2.27. The van der Waals surface area contributed by atoms with E-state index >= 15 is 0 Å². The van der Waals surface area contributed by atoms with Crippen LogP contribution in [0.5, 0.6) is 0 Å². The maximum Gasteiger partial charge on any atom is 0.238 e. The second-order valence-corrected chi connectivity index (χ2v) is 6.37. The number of hydrogen-bond donors (Lipinski definition) is 3. The Morgan fingerprint density at radius 2 is 2.16 bits per heavy atom. The Bertz CT molecular complexity index is 562. The Kier molecular flexibility index (Phi) is 4.07. The van der Waals surface area contributed by atoms with Gasteiger partial charge in [0.2, 0.25) is 10.0 Å². The number of primary sulfonamides is 1. The third-order valence-corrected chi connectivity index (χ3v) is 4.41. The number of sulfonamides is 1. The monoisotopic (exact) mass is 288 g/mol. The quantitative estimate of drug-likeness (QED) is 0.772. The summed E-state index contributed by atoms with van der Waals surface area (Å²) in [6.45, 7) is 0.0640. The summed E-state index contributed by atoms with van der Waals surface area (Å²) >= 11 is 0. The Morgan fingerprint density at radius 3 is 2.74 bits per heavy atom. The molecule has 106 valence electrons. The van der Waals surface area contributed by atoms with Crippen molar-refractivity contribution in [2.75, 3.05) is 11.9 Å². The van der Waals surface area contributed by atoms with Crippen LogP contribution in [-0.4, -0.2) is 26.2 Å². The van der Waals surface area contributed by atoms with Crippen molar-refractivity contribution in [1.29, 1.82) is 0 Å². The molecular weight excluding hydrogens is 271 g/mol. The van der Waals surface area contributed by atoms with Gasteiger partial charge in [-0.15, -0.1) is 0 Å². The zero-order chi connectivity index (χ0) is 14.0. The SMILES string of the molecule is NS(=O)(=O)c1ccc(NC2CCCC2CO)c(F)c1. The molecule has 2 unspecified atom stereocenters. The maximum atomic E-state index is 13.8. The van der Waals surface area contributed by atoms with Gasteiger partial charge in [0.1, 0.15) is 5.82 Å². The summed E-state index contributed by atoms with van der Waals surface area (Å²) in [5, 5.41) is 17.2. The van der Waals surface area contributed by atoms with Crippen LogP contribution in [0.3, 0.4) is 0 Å². The van der Waals surface area contributed by atoms with E-state index in [1.165, 1.54) is 12.1 Å². The highest BCUT2D eigenvalue weighted by Crippen LogP contribution is 2.29. The van der Waals surface area contributed by atoms with Gasteiger partial charge in [-0.05, 0) is 31.0 Å². The zero-order valence-electron chi connectivity index (χ0n) is 10.3. The Labute approximate surface area is 111 Å². The lowest BCUT2D eigenvalue weighted by atomic mass is 10.0. The van der Waals surface area contributed by atoms with Gasteiger partial charge in [-0.2, -0.15) is 0 Å². The molecule has 0 amide bonds. The molecule has 1 aromatic carbocycles. The average molecular weight is 288 g/mol. The highest BCUT2D eigenvalue weighted by atomic mass is 32.2. The largest absolute Gasteiger partial charge is 0.396 e. The molecule has 19 heavy (non-hydrogen) atoms. The predicted octanol–water partition coefficient (Wildman–Crippen LogP) is 1.05. The van der Waals surface area contributed by atoms with Gasteiger partial charge >= 0.3 is 0 Å². The molecule has 1 aromatic rings. The maximum absolute atomic E-state index is 13.8. The Balaban J connectivity index is 2.18. The number of rotatable bonds is 4. The van der Waals surface area contributed by atoms with Crippen LogP contribution in [-0.2, 0) is 10.0 Å². The van der Waals surface area contributed by atoms with Crippen molar-refractivity contribution in [1.82, 2.24) is 0 Å². The van der Waals surface area contributed by atoms with Crippen molar-refractivity contribution >= 4 is 15.7 Å². The molecule has 0 heterocycles. The van der Waals surface area contributed by atoms with Crippen LogP contribution in [0.15, 0.2) is 23.1 Å². The van der Waals surface area contributed by atoms with Crippen molar-refractivity contribution in [3.8, 4) is 0 Å². The molecular formula is C12H17FN2O3S. The molecule has 1 aliphatic carbocycles. The van der Waals surface area contributed by atoms with Crippen LogP contribution in [0.4, 0.5) is 10.1 Å². The van der Waals surface area contributed by atoms with Crippen molar-refractivity contribution in [3.63, 3.8) is 0 Å². The number of hydrogen-bond acceptors (Lipinski definition) is 4. The van der Waals surface area contributed by atoms with Gasteiger partial charge in [0.15, 0.2) is 0 Å². The molecule has 0 radical (unpaired) electrons. The van der Waals surface area contributed by atoms with Crippen molar-refractivity contribution in [2.45, 2.75) is 30.2 Å². The van der Waals surface area contributed by atoms with E-state index in [1.54, 1.807) is 0 Å². The minimum absolute atomic E-state index is 0.0137. The summed E-state index contributed by atoms with van der Waals surface area (Å²) in [7, 11) is -3.89. The number of anilines is 1. The average Bonchev–Trinajstić information content (AvgIpc) is 2.77. The first kappa shape index (κ1) is 14.2. The third-order valence-electron chi connectivity index (χ3n) is 3.50. The fourth-order valence-electron chi connectivity index (χ4n) is 2.43. The van der Waals surface area contributed by atoms with Gasteiger partial charge in [0, 0.05) is 18.6 Å². The Hall–Kier alpha value is -1.18. The normalized spacial score (nSPS) is 23.5. The number of nitrogens with two attached hydrogens (primary N) is 1. The summed E-state index contributed by atoms with van der Waals surface area (Å²) in [5.74, 6) is -0.549. The number of aliphatic hydroxyl groups is 1. The van der Waals surface area contributed by atoms with Gasteiger partial charge in [0.05, 0.1) is 10.6 Å². The lowest BCUT2D eigenvalue weighted by Crippen LogP contribution is -2.26. The molecule has 1 fully saturated rings. The molecule has 1 aliphatic rings. The summed E-state index contributed by atoms with van der Waals surface area (Å²) in [4.78, 5) is -0.249. The molecule has 1 saturated carbocycles. The van der Waals surface area contributed by atoms with Crippen molar-refractivity contribution in [2.24, 2.45) is 11.1 Å². The molecule has 2 atom stereocenters. The predicted molar refractivity (Wildman–Crippen MR) is 69.6 cm³/mol. The van der Waals surface area contributed by atoms with E-state index in [1.807, 2.05) is 0 Å². The summed E-state index contributed by atoms with van der Waals surface area (Å²) in [6, 6.07) is 3.55. The van der Waals surface area contributed by atoms with Crippen LogP contribution in [0.25, 0.3) is 0 Å². The fourth-order valence-corrected chi connectivity index (χ4v) is 2.96. The molecule has 0 aliphatic heterocycles. The van der Waals surface area contributed by atoms with Gasteiger partial charge in [-0.1, -0.05) is 6.42 Å². The molecule has 0 spiro atoms. The fraction of sp³-hybridized carbons (Fsp3) is 0.500. The molecule has 5 nitrogen and oxygen atoms in total. The Morgan fingerprint density at radius 1 is 1.42 bits per heavy atom. The van der Waals surface area contributed by atoms with E-state index in [0.29, 0.717) is 0 Å². The van der Waals surface area contributed by atoms with E-state index in [2.05, 4.69) is 5.32 Å². The molecule has 7 heteroatoms. The first-order valence-corrected chi connectivity index (χ1v) is 7.66. The minimum atomic E-state index is -3.89. The van der Waals surface area contributed by atoms with E-state index in [9.17, 15) is 17.9 Å². The number of halogens is 1.